The monoisotopic (exact) mass is 188 g/mol. The van der Waals surface area contributed by atoms with Gasteiger partial charge in [0.05, 0.1) is 19.3 Å². The van der Waals surface area contributed by atoms with E-state index in [1.807, 2.05) is 0 Å². The van der Waals surface area contributed by atoms with Gasteiger partial charge in [0.15, 0.2) is 0 Å². The van der Waals surface area contributed by atoms with E-state index in [1.165, 1.54) is 4.90 Å². The van der Waals surface area contributed by atoms with Crippen molar-refractivity contribution in [2.75, 3.05) is 33.4 Å². The van der Waals surface area contributed by atoms with Crippen molar-refractivity contribution < 1.29 is 14.6 Å². The Morgan fingerprint density at radius 3 is 3.08 bits per heavy atom. The summed E-state index contributed by atoms with van der Waals surface area (Å²) < 4.78 is 5.12. The summed E-state index contributed by atoms with van der Waals surface area (Å²) in [7, 11) is 1.65. The van der Waals surface area contributed by atoms with Crippen LogP contribution in [0.3, 0.4) is 0 Å². The molecule has 1 fully saturated rings. The van der Waals surface area contributed by atoms with Crippen LogP contribution < -0.4 is 5.32 Å². The fraction of sp³-hybridized carbons (Fsp3) is 0.875. The number of carbonyl (C=O) groups excluding carboxylic acids is 1. The topological polar surface area (TPSA) is 61.8 Å². The number of aliphatic hydroxyl groups is 1. The molecule has 1 unspecified atom stereocenters. The van der Waals surface area contributed by atoms with Crippen LogP contribution in [0.4, 0.5) is 4.79 Å². The predicted octanol–water partition coefficient (Wildman–Crippen LogP) is -0.591. The zero-order valence-electron chi connectivity index (χ0n) is 7.82. The molecule has 1 atom stereocenters. The van der Waals surface area contributed by atoms with Gasteiger partial charge in [-0.3, -0.25) is 0 Å². The second-order valence-corrected chi connectivity index (χ2v) is 3.16. The number of nitrogens with one attached hydrogen (secondary N) is 1. The molecule has 76 valence electrons. The molecule has 1 heterocycles. The number of carbonyl (C=O) groups is 1. The number of aliphatic hydroxyl groups excluding tert-OH is 1. The third-order valence-electron chi connectivity index (χ3n) is 2.04. The Balaban J connectivity index is 2.22. The lowest BCUT2D eigenvalue weighted by Gasteiger charge is -2.19. The highest BCUT2D eigenvalue weighted by atomic mass is 16.5. The molecule has 0 bridgehead atoms. The molecule has 0 aromatic heterocycles. The second kappa shape index (κ2) is 5.04. The van der Waals surface area contributed by atoms with Gasteiger partial charge in [0.1, 0.15) is 0 Å². The molecule has 2 N–H and O–H groups in total. The van der Waals surface area contributed by atoms with E-state index in [0.29, 0.717) is 19.8 Å². The molecule has 2 amide bonds. The van der Waals surface area contributed by atoms with Crippen molar-refractivity contribution in [3.05, 3.63) is 0 Å². The van der Waals surface area contributed by atoms with Gasteiger partial charge in [0.2, 0.25) is 0 Å². The summed E-state index contributed by atoms with van der Waals surface area (Å²) >= 11 is 0. The largest absolute Gasteiger partial charge is 0.395 e. The first-order chi connectivity index (χ1) is 6.24. The Morgan fingerprint density at radius 1 is 1.77 bits per heavy atom. The van der Waals surface area contributed by atoms with Crippen molar-refractivity contribution in [2.45, 2.75) is 12.5 Å². The van der Waals surface area contributed by atoms with Crippen molar-refractivity contribution >= 4 is 6.03 Å². The van der Waals surface area contributed by atoms with Crippen LogP contribution in [0.15, 0.2) is 0 Å². The zero-order chi connectivity index (χ0) is 9.68. The maximum absolute atomic E-state index is 11.3. The van der Waals surface area contributed by atoms with E-state index in [4.69, 9.17) is 9.84 Å². The fourth-order valence-corrected chi connectivity index (χ4v) is 1.18. The molecular weight excluding hydrogens is 172 g/mol. The van der Waals surface area contributed by atoms with Gasteiger partial charge in [0, 0.05) is 20.2 Å². The average molecular weight is 188 g/mol. The minimum Gasteiger partial charge on any atom is -0.395 e. The van der Waals surface area contributed by atoms with E-state index in [1.54, 1.807) is 7.05 Å². The lowest BCUT2D eigenvalue weighted by atomic mass is 10.3. The first kappa shape index (κ1) is 10.3. The number of ether oxygens (including phenoxy) is 1. The number of amides is 2. The van der Waals surface area contributed by atoms with Gasteiger partial charge in [-0.15, -0.1) is 0 Å². The molecular formula is C8H16N2O3. The normalized spacial score (nSPS) is 21.5. The molecule has 0 aromatic rings. The number of rotatable bonds is 3. The molecule has 0 aliphatic carbocycles. The van der Waals surface area contributed by atoms with Crippen LogP contribution in [0, 0.1) is 0 Å². The minimum absolute atomic E-state index is 0.00884. The molecule has 0 aromatic carbocycles. The quantitative estimate of drug-likeness (QED) is 0.622. The summed E-state index contributed by atoms with van der Waals surface area (Å²) in [5, 5.41) is 11.4. The molecule has 1 aliphatic heterocycles. The molecule has 0 spiro atoms. The Bertz CT molecular complexity index is 169. The highest BCUT2D eigenvalue weighted by Crippen LogP contribution is 2.03. The Hall–Kier alpha value is -0.810. The minimum atomic E-state index is -0.149. The maximum Gasteiger partial charge on any atom is 0.317 e. The van der Waals surface area contributed by atoms with E-state index >= 15 is 0 Å². The van der Waals surface area contributed by atoms with Crippen molar-refractivity contribution in [3.8, 4) is 0 Å². The van der Waals surface area contributed by atoms with Crippen LogP contribution >= 0.6 is 0 Å². The molecule has 0 saturated carbocycles. The van der Waals surface area contributed by atoms with Gasteiger partial charge in [-0.1, -0.05) is 0 Å². The van der Waals surface area contributed by atoms with Gasteiger partial charge in [0.25, 0.3) is 0 Å². The third kappa shape index (κ3) is 3.20. The van der Waals surface area contributed by atoms with Crippen LogP contribution in [-0.4, -0.2) is 55.5 Å². The number of likely N-dealkylation sites (N-methyl/N-ethyl adjacent to an activating group) is 1. The zero-order valence-corrected chi connectivity index (χ0v) is 7.82. The number of hydrogen-bond donors (Lipinski definition) is 2. The second-order valence-electron chi connectivity index (χ2n) is 3.16. The van der Waals surface area contributed by atoms with Crippen molar-refractivity contribution in [1.82, 2.24) is 10.2 Å². The highest BCUT2D eigenvalue weighted by Gasteiger charge is 2.19. The third-order valence-corrected chi connectivity index (χ3v) is 2.04. The summed E-state index contributed by atoms with van der Waals surface area (Å²) in [4.78, 5) is 12.8. The molecule has 0 radical (unpaired) electrons. The van der Waals surface area contributed by atoms with E-state index in [-0.39, 0.29) is 18.7 Å². The van der Waals surface area contributed by atoms with Crippen LogP contribution in [0.5, 0.6) is 0 Å². The van der Waals surface area contributed by atoms with Crippen LogP contribution in [0.1, 0.15) is 6.42 Å². The van der Waals surface area contributed by atoms with Crippen molar-refractivity contribution in [3.63, 3.8) is 0 Å². The predicted molar refractivity (Wildman–Crippen MR) is 47.5 cm³/mol. The number of nitrogens with zero attached hydrogens (tertiary/aromatic N) is 1. The molecule has 5 heteroatoms. The summed E-state index contributed by atoms with van der Waals surface area (Å²) in [6.07, 6.45) is 0.874. The number of hydrogen-bond acceptors (Lipinski definition) is 3. The summed E-state index contributed by atoms with van der Waals surface area (Å²) in [6, 6.07) is -0.0156. The standard InChI is InChI=1S/C8H16N2O3/c1-10(3-4-11)8(12)9-7-2-5-13-6-7/h7,11H,2-6H2,1H3,(H,9,12). The lowest BCUT2D eigenvalue weighted by Crippen LogP contribution is -2.44. The van der Waals surface area contributed by atoms with Gasteiger partial charge < -0.3 is 20.1 Å². The van der Waals surface area contributed by atoms with Crippen LogP contribution in [0.2, 0.25) is 0 Å². The highest BCUT2D eigenvalue weighted by molar-refractivity contribution is 5.74. The number of urea groups is 1. The van der Waals surface area contributed by atoms with Gasteiger partial charge in [-0.2, -0.15) is 0 Å². The summed E-state index contributed by atoms with van der Waals surface area (Å²) in [5.41, 5.74) is 0. The van der Waals surface area contributed by atoms with Crippen molar-refractivity contribution in [2.24, 2.45) is 0 Å². The van der Waals surface area contributed by atoms with Crippen molar-refractivity contribution in [1.29, 1.82) is 0 Å². The first-order valence-corrected chi connectivity index (χ1v) is 4.44. The Labute approximate surface area is 77.7 Å². The Morgan fingerprint density at radius 2 is 2.54 bits per heavy atom. The molecule has 5 nitrogen and oxygen atoms in total. The van der Waals surface area contributed by atoms with Crippen LogP contribution in [0.25, 0.3) is 0 Å². The van der Waals surface area contributed by atoms with Crippen LogP contribution in [-0.2, 0) is 4.74 Å². The van der Waals surface area contributed by atoms with E-state index < -0.39 is 0 Å². The summed E-state index contributed by atoms with van der Waals surface area (Å²) in [6.45, 7) is 1.66. The SMILES string of the molecule is CN(CCO)C(=O)NC1CCOC1. The maximum atomic E-state index is 11.3. The molecule has 1 saturated heterocycles. The molecule has 13 heavy (non-hydrogen) atoms. The molecule has 1 aliphatic rings. The molecule has 1 rings (SSSR count). The van der Waals surface area contributed by atoms with Gasteiger partial charge >= 0.3 is 6.03 Å². The summed E-state index contributed by atoms with van der Waals surface area (Å²) in [5.74, 6) is 0. The lowest BCUT2D eigenvalue weighted by molar-refractivity contribution is 0.175. The van der Waals surface area contributed by atoms with E-state index in [2.05, 4.69) is 5.32 Å². The first-order valence-electron chi connectivity index (χ1n) is 4.44. The van der Waals surface area contributed by atoms with Gasteiger partial charge in [-0.25, -0.2) is 4.79 Å². The van der Waals surface area contributed by atoms with Gasteiger partial charge in [-0.05, 0) is 6.42 Å². The Kier molecular flexibility index (Phi) is 3.98. The van der Waals surface area contributed by atoms with E-state index in [9.17, 15) is 4.79 Å². The fourth-order valence-electron chi connectivity index (χ4n) is 1.18. The van der Waals surface area contributed by atoms with E-state index in [0.717, 1.165) is 6.42 Å². The average Bonchev–Trinajstić information content (AvgIpc) is 2.57. The smallest absolute Gasteiger partial charge is 0.317 e.